The number of H-pyrrole nitrogens is 1. The molecule has 1 spiro atoms. The van der Waals surface area contributed by atoms with E-state index in [1.54, 1.807) is 48.5 Å². The Kier molecular flexibility index (Phi) is 4.80. The third-order valence-corrected chi connectivity index (χ3v) is 10.2. The lowest BCUT2D eigenvalue weighted by Gasteiger charge is -2.38. The van der Waals surface area contributed by atoms with E-state index in [1.807, 2.05) is 12.1 Å². The number of fused-ring (bicyclic) bond motifs is 4. The summed E-state index contributed by atoms with van der Waals surface area (Å²) in [5, 5.41) is 35.0. The molecule has 1 fully saturated rings. The van der Waals surface area contributed by atoms with Gasteiger partial charge in [0.15, 0.2) is 5.78 Å². The third kappa shape index (κ3) is 2.92. The number of thioether (sulfide) groups is 2. The highest BCUT2D eigenvalue weighted by Gasteiger charge is 2.57. The largest absolute Gasteiger partial charge is 0.506 e. The molecule has 4 aromatic carbocycles. The van der Waals surface area contributed by atoms with E-state index >= 15 is 0 Å². The van der Waals surface area contributed by atoms with Gasteiger partial charge in [0.2, 0.25) is 15.5 Å². The molecular formula is C28H18N2O6S2. The maximum absolute atomic E-state index is 13.8. The molecule has 1 saturated heterocycles. The molecule has 38 heavy (non-hydrogen) atoms. The zero-order chi connectivity index (χ0) is 26.3. The molecule has 0 radical (unpaired) electrons. The van der Waals surface area contributed by atoms with E-state index in [-0.39, 0.29) is 62.6 Å². The van der Waals surface area contributed by atoms with Gasteiger partial charge in [-0.2, -0.15) is 0 Å². The minimum atomic E-state index is -1.51. The van der Waals surface area contributed by atoms with Crippen LogP contribution in [0.2, 0.25) is 0 Å². The Balaban J connectivity index is 1.45. The normalized spacial score (nSPS) is 19.2. The smallest absolute Gasteiger partial charge is 0.239 e. The first-order chi connectivity index (χ1) is 18.3. The maximum Gasteiger partial charge on any atom is 0.239 e. The molecule has 1 atom stereocenters. The van der Waals surface area contributed by atoms with E-state index in [4.69, 9.17) is 0 Å². The molecule has 1 amide bonds. The number of nitrogens with zero attached hydrogens (tertiary/aromatic N) is 1. The van der Waals surface area contributed by atoms with Crippen molar-refractivity contribution < 1.29 is 24.9 Å². The van der Waals surface area contributed by atoms with Crippen molar-refractivity contribution in [3.63, 3.8) is 0 Å². The second-order valence-corrected chi connectivity index (χ2v) is 11.8. The summed E-state index contributed by atoms with van der Waals surface area (Å²) < 4.78 is -1.51. The maximum atomic E-state index is 13.8. The molecule has 1 aromatic heterocycles. The number of Topliss-reactive ketones (excluding diaryl/α,β-unsaturated/α-hetero) is 1. The van der Waals surface area contributed by atoms with Crippen molar-refractivity contribution in [1.82, 2.24) is 4.98 Å². The third-order valence-electron chi connectivity index (χ3n) is 7.13. The Hall–Kier alpha value is -4.15. The number of anilines is 1. The topological polar surface area (TPSA) is 131 Å². The molecule has 0 saturated carbocycles. The summed E-state index contributed by atoms with van der Waals surface area (Å²) in [5.74, 6) is -1.31. The number of benzene rings is 4. The molecule has 5 aromatic rings. The number of ketones is 1. The van der Waals surface area contributed by atoms with Crippen LogP contribution in [-0.4, -0.2) is 41.9 Å². The average Bonchev–Trinajstić information content (AvgIpc) is 3.25. The molecule has 4 N–H and O–H groups in total. The number of phenolic OH excluding ortho intramolecular Hbond substituents is 3. The van der Waals surface area contributed by atoms with Crippen molar-refractivity contribution in [1.29, 1.82) is 0 Å². The van der Waals surface area contributed by atoms with Crippen molar-refractivity contribution >= 4 is 73.3 Å². The predicted molar refractivity (Wildman–Crippen MR) is 148 cm³/mol. The van der Waals surface area contributed by atoms with Crippen LogP contribution in [0, 0.1) is 0 Å². The van der Waals surface area contributed by atoms with Crippen LogP contribution >= 0.6 is 23.5 Å². The first-order valence-corrected chi connectivity index (χ1v) is 13.5. The molecule has 3 heterocycles. The number of phenols is 3. The molecule has 2 aliphatic rings. The summed E-state index contributed by atoms with van der Waals surface area (Å²) in [7, 11) is 0. The number of aromatic nitrogens is 1. The molecule has 8 nitrogen and oxygen atoms in total. The Labute approximate surface area is 222 Å². The van der Waals surface area contributed by atoms with Gasteiger partial charge in [0.1, 0.15) is 17.2 Å². The number of hydrogen-bond donors (Lipinski definition) is 4. The quantitative estimate of drug-likeness (QED) is 0.179. The van der Waals surface area contributed by atoms with E-state index in [9.17, 15) is 29.7 Å². The van der Waals surface area contributed by atoms with Gasteiger partial charge in [0, 0.05) is 21.9 Å². The number of pyridine rings is 1. The Morgan fingerprint density at radius 1 is 0.816 bits per heavy atom. The van der Waals surface area contributed by atoms with E-state index in [2.05, 4.69) is 4.98 Å². The van der Waals surface area contributed by atoms with Gasteiger partial charge < -0.3 is 20.3 Å². The average molecular weight is 543 g/mol. The van der Waals surface area contributed by atoms with Crippen LogP contribution in [0.25, 0.3) is 32.4 Å². The van der Waals surface area contributed by atoms with Crippen LogP contribution in [-0.2, 0) is 16.0 Å². The fourth-order valence-corrected chi connectivity index (χ4v) is 8.22. The minimum Gasteiger partial charge on any atom is -0.506 e. The van der Waals surface area contributed by atoms with Gasteiger partial charge in [-0.05, 0) is 11.5 Å². The van der Waals surface area contributed by atoms with Crippen LogP contribution in [0.3, 0.4) is 0 Å². The van der Waals surface area contributed by atoms with Crippen molar-refractivity contribution in [2.24, 2.45) is 0 Å². The van der Waals surface area contributed by atoms with Crippen LogP contribution in [0.5, 0.6) is 17.2 Å². The number of aromatic amines is 1. The van der Waals surface area contributed by atoms with Gasteiger partial charge in [0.25, 0.3) is 0 Å². The second kappa shape index (κ2) is 7.92. The van der Waals surface area contributed by atoms with E-state index in [0.29, 0.717) is 21.9 Å². The summed E-state index contributed by atoms with van der Waals surface area (Å²) in [4.78, 5) is 45.2. The lowest BCUT2D eigenvalue weighted by Crippen LogP contribution is -2.51. The summed E-state index contributed by atoms with van der Waals surface area (Å²) in [6.07, 6.45) is -0.203. The highest BCUT2D eigenvalue weighted by molar-refractivity contribution is 8.20. The second-order valence-electron chi connectivity index (χ2n) is 9.21. The summed E-state index contributed by atoms with van der Waals surface area (Å²) >= 11 is 2.03. The minimum absolute atomic E-state index is 0.0114. The first-order valence-electron chi connectivity index (χ1n) is 11.7. The molecular weight excluding hydrogens is 524 g/mol. The highest BCUT2D eigenvalue weighted by atomic mass is 32.2. The molecule has 2 aliphatic heterocycles. The van der Waals surface area contributed by atoms with Crippen LogP contribution in [0.1, 0.15) is 5.69 Å². The number of carbonyl (C=O) groups is 2. The van der Waals surface area contributed by atoms with Gasteiger partial charge in [0.05, 0.1) is 33.7 Å². The Morgan fingerprint density at radius 3 is 2.26 bits per heavy atom. The summed E-state index contributed by atoms with van der Waals surface area (Å²) in [6, 6.07) is 17.2. The molecule has 10 heteroatoms. The summed E-state index contributed by atoms with van der Waals surface area (Å²) in [5.41, 5.74) is -0.0114. The van der Waals surface area contributed by atoms with Crippen LogP contribution < -0.4 is 10.3 Å². The van der Waals surface area contributed by atoms with Crippen molar-refractivity contribution in [3.05, 3.63) is 76.6 Å². The number of amides is 1. The lowest BCUT2D eigenvalue weighted by molar-refractivity contribution is -0.122. The number of rotatable bonds is 1. The predicted octanol–water partition coefficient (Wildman–Crippen LogP) is 4.60. The van der Waals surface area contributed by atoms with Gasteiger partial charge in [-0.1, -0.05) is 66.4 Å². The Morgan fingerprint density at radius 2 is 1.50 bits per heavy atom. The van der Waals surface area contributed by atoms with Crippen molar-refractivity contribution in [2.75, 3.05) is 10.7 Å². The highest BCUT2D eigenvalue weighted by Crippen LogP contribution is 2.56. The fraction of sp³-hybridized carbons (Fsp3) is 0.107. The number of carbonyl (C=O) groups excluding carboxylic acids is 2. The molecule has 188 valence electrons. The zero-order valence-corrected chi connectivity index (χ0v) is 21.2. The van der Waals surface area contributed by atoms with Gasteiger partial charge in [-0.25, -0.2) is 0 Å². The van der Waals surface area contributed by atoms with Gasteiger partial charge >= 0.3 is 0 Å². The van der Waals surface area contributed by atoms with Crippen molar-refractivity contribution in [3.8, 4) is 17.2 Å². The molecule has 0 aliphatic carbocycles. The van der Waals surface area contributed by atoms with E-state index in [1.165, 1.54) is 4.90 Å². The molecule has 7 rings (SSSR count). The first kappa shape index (κ1) is 23.0. The molecule has 1 unspecified atom stereocenters. The SMILES string of the molecule is O=C1CSC2(Sc3c([nH]c4c(O)c5ccccc5c(O)c4c3=O)CC2=O)N1c1ccc2ccccc2c1O. The fourth-order valence-electron chi connectivity index (χ4n) is 5.35. The van der Waals surface area contributed by atoms with E-state index < -0.39 is 9.63 Å². The van der Waals surface area contributed by atoms with Crippen LogP contribution in [0.4, 0.5) is 5.69 Å². The van der Waals surface area contributed by atoms with Crippen molar-refractivity contribution in [2.45, 2.75) is 15.5 Å². The Bertz CT molecular complexity index is 1950. The number of nitrogens with one attached hydrogen (secondary N) is 1. The standard InChI is InChI=1S/C28H18N2O6S2/c31-19-11-17-27(26(36)21-22(29-17)25(35)16-8-4-3-7-15(16)24(21)34)38-28(19)30(20(32)12-37-28)18-10-9-13-5-1-2-6-14(13)23(18)33/h1-10,33-35H,11-12H2,(H,29,36). The summed E-state index contributed by atoms with van der Waals surface area (Å²) in [6.45, 7) is 0. The van der Waals surface area contributed by atoms with Gasteiger partial charge in [-0.3, -0.25) is 19.3 Å². The lowest BCUT2D eigenvalue weighted by atomic mass is 10.0. The van der Waals surface area contributed by atoms with Crippen LogP contribution in [0.15, 0.2) is 70.4 Å². The van der Waals surface area contributed by atoms with E-state index in [0.717, 1.165) is 28.9 Å². The molecule has 0 bridgehead atoms. The monoisotopic (exact) mass is 542 g/mol. The van der Waals surface area contributed by atoms with Gasteiger partial charge in [-0.15, -0.1) is 11.8 Å². The number of aromatic hydroxyl groups is 3. The zero-order valence-electron chi connectivity index (χ0n) is 19.5. The number of hydrogen-bond acceptors (Lipinski definition) is 8.